The number of benzene rings is 1. The van der Waals surface area contributed by atoms with Gasteiger partial charge in [0.2, 0.25) is 0 Å². The molecule has 1 heterocycles. The first-order valence-electron chi connectivity index (χ1n) is 11.0. The third-order valence-corrected chi connectivity index (χ3v) is 5.29. The van der Waals surface area contributed by atoms with E-state index in [9.17, 15) is 0 Å². The minimum absolute atomic E-state index is 0.994. The Balaban J connectivity index is 1.96. The molecule has 2 aromatic rings. The quantitative estimate of drug-likeness (QED) is 0.277. The van der Waals surface area contributed by atoms with Gasteiger partial charge in [-0.15, -0.1) is 0 Å². The smallest absolute Gasteiger partial charge is 0.234 e. The van der Waals surface area contributed by atoms with Crippen molar-refractivity contribution in [3.63, 3.8) is 0 Å². The fraction of sp³-hybridized carbons (Fsp3) is 0.625. The van der Waals surface area contributed by atoms with Crippen molar-refractivity contribution in [3.8, 4) is 0 Å². The second kappa shape index (κ2) is 12.7. The second-order valence-electron chi connectivity index (χ2n) is 7.60. The number of hydrogen-bond donors (Lipinski definition) is 0. The third kappa shape index (κ3) is 7.35. The van der Waals surface area contributed by atoms with Gasteiger partial charge in [0.1, 0.15) is 18.9 Å². The van der Waals surface area contributed by atoms with E-state index in [-0.39, 0.29) is 0 Å². The predicted octanol–water partition coefficient (Wildman–Crippen LogP) is 6.31. The molecule has 1 aromatic carbocycles. The van der Waals surface area contributed by atoms with Crippen molar-refractivity contribution >= 4 is 0 Å². The maximum atomic E-state index is 2.52. The number of rotatable bonds is 14. The minimum atomic E-state index is 0.994. The minimum Gasteiger partial charge on any atom is -0.234 e. The molecule has 0 radical (unpaired) electrons. The van der Waals surface area contributed by atoms with Crippen molar-refractivity contribution in [2.75, 3.05) is 0 Å². The summed E-state index contributed by atoms with van der Waals surface area (Å²) in [6.07, 6.45) is 19.3. The summed E-state index contributed by atoms with van der Waals surface area (Å²) in [6, 6.07) is 10.9. The van der Waals surface area contributed by atoms with Crippen LogP contribution in [0, 0.1) is 0 Å². The van der Waals surface area contributed by atoms with Gasteiger partial charge in [0, 0.05) is 6.42 Å². The van der Waals surface area contributed by atoms with E-state index in [0.29, 0.717) is 0 Å². The van der Waals surface area contributed by atoms with Crippen LogP contribution in [0.1, 0.15) is 89.4 Å². The van der Waals surface area contributed by atoms with Crippen LogP contribution in [0.25, 0.3) is 0 Å². The first-order valence-corrected chi connectivity index (χ1v) is 11.0. The van der Waals surface area contributed by atoms with Crippen LogP contribution >= 0.6 is 0 Å². The molecule has 1 aromatic heterocycles. The summed E-state index contributed by atoms with van der Waals surface area (Å²) in [5, 5.41) is 0. The fourth-order valence-corrected chi connectivity index (χ4v) is 3.69. The van der Waals surface area contributed by atoms with Crippen LogP contribution in [0.4, 0.5) is 0 Å². The van der Waals surface area contributed by atoms with Crippen LogP contribution in [0.5, 0.6) is 0 Å². The molecule has 0 unspecified atom stereocenters. The molecule has 2 rings (SSSR count). The number of aryl methyl sites for hydroxylation is 1. The van der Waals surface area contributed by atoms with E-state index >= 15 is 0 Å². The summed E-state index contributed by atoms with van der Waals surface area (Å²) in [4.78, 5) is 0. The number of unbranched alkanes of at least 4 members (excludes halogenated alkanes) is 8. The molecular weight excluding hydrogens is 316 g/mol. The molecule has 0 aliphatic heterocycles. The van der Waals surface area contributed by atoms with Crippen molar-refractivity contribution in [3.05, 3.63) is 54.1 Å². The van der Waals surface area contributed by atoms with Gasteiger partial charge < -0.3 is 0 Å². The zero-order chi connectivity index (χ0) is 18.5. The second-order valence-corrected chi connectivity index (χ2v) is 7.60. The van der Waals surface area contributed by atoms with Crippen molar-refractivity contribution in [1.29, 1.82) is 0 Å². The molecule has 0 N–H and O–H groups in total. The lowest BCUT2D eigenvalue weighted by Gasteiger charge is -2.06. The van der Waals surface area contributed by atoms with Crippen LogP contribution in [0.2, 0.25) is 0 Å². The Morgan fingerprint density at radius 1 is 0.769 bits per heavy atom. The van der Waals surface area contributed by atoms with E-state index in [0.717, 1.165) is 6.54 Å². The third-order valence-electron chi connectivity index (χ3n) is 5.29. The molecule has 0 fully saturated rings. The van der Waals surface area contributed by atoms with Crippen molar-refractivity contribution in [1.82, 2.24) is 4.57 Å². The molecule has 0 aliphatic rings. The maximum absolute atomic E-state index is 2.52. The zero-order valence-corrected chi connectivity index (χ0v) is 17.1. The summed E-state index contributed by atoms with van der Waals surface area (Å²) in [5.41, 5.74) is 1.39. The van der Waals surface area contributed by atoms with Crippen molar-refractivity contribution < 1.29 is 4.57 Å². The average Bonchev–Trinajstić information content (AvgIpc) is 3.04. The molecule has 2 heteroatoms. The highest BCUT2D eigenvalue weighted by molar-refractivity contribution is 5.13. The van der Waals surface area contributed by atoms with Crippen molar-refractivity contribution in [2.45, 2.75) is 97.6 Å². The monoisotopic (exact) mass is 355 g/mol. The number of hydrogen-bond acceptors (Lipinski definition) is 0. The van der Waals surface area contributed by atoms with E-state index in [1.807, 2.05) is 0 Å². The van der Waals surface area contributed by atoms with E-state index in [1.54, 1.807) is 0 Å². The van der Waals surface area contributed by atoms with Crippen LogP contribution in [-0.2, 0) is 19.5 Å². The van der Waals surface area contributed by atoms with Gasteiger partial charge in [-0.25, -0.2) is 9.13 Å². The Labute approximate surface area is 161 Å². The van der Waals surface area contributed by atoms with E-state index in [2.05, 4.69) is 65.7 Å². The predicted molar refractivity (Wildman–Crippen MR) is 111 cm³/mol. The highest BCUT2D eigenvalue weighted by Gasteiger charge is 2.16. The molecule has 0 amide bonds. The maximum Gasteiger partial charge on any atom is 0.256 e. The largest absolute Gasteiger partial charge is 0.256 e. The molecule has 0 spiro atoms. The van der Waals surface area contributed by atoms with Gasteiger partial charge in [-0.05, 0) is 24.8 Å². The van der Waals surface area contributed by atoms with E-state index in [1.165, 1.54) is 88.6 Å². The highest BCUT2D eigenvalue weighted by Crippen LogP contribution is 2.11. The lowest BCUT2D eigenvalue weighted by Crippen LogP contribution is -2.37. The summed E-state index contributed by atoms with van der Waals surface area (Å²) < 4.78 is 5.00. The summed E-state index contributed by atoms with van der Waals surface area (Å²) in [6.45, 7) is 6.75. The van der Waals surface area contributed by atoms with E-state index < -0.39 is 0 Å². The molecular formula is C24H39N2+. The summed E-state index contributed by atoms with van der Waals surface area (Å²) in [5.74, 6) is 1.51. The lowest BCUT2D eigenvalue weighted by molar-refractivity contribution is -0.695. The van der Waals surface area contributed by atoms with Gasteiger partial charge in [0.05, 0.1) is 6.54 Å². The van der Waals surface area contributed by atoms with Gasteiger partial charge in [-0.1, -0.05) is 89.1 Å². The number of aromatic nitrogens is 2. The van der Waals surface area contributed by atoms with Gasteiger partial charge in [-0.3, -0.25) is 0 Å². The standard InChI is InChI=1S/C24H39N2/c1-3-5-7-9-14-18-24-25(19-15-10-8-6-4-2)20-21-26(24)22-23-16-12-11-13-17-23/h11-13,16-17,20-21H,3-10,14-15,18-19,22H2,1-2H3/q+1. The first-order chi connectivity index (χ1) is 12.8. The molecule has 0 bridgehead atoms. The van der Waals surface area contributed by atoms with Crippen LogP contribution < -0.4 is 4.57 Å². The van der Waals surface area contributed by atoms with Crippen LogP contribution in [0.15, 0.2) is 42.7 Å². The number of imidazole rings is 1. The Kier molecular flexibility index (Phi) is 10.2. The molecule has 0 saturated carbocycles. The molecule has 0 aliphatic carbocycles. The molecule has 144 valence electrons. The molecule has 2 nitrogen and oxygen atoms in total. The summed E-state index contributed by atoms with van der Waals surface area (Å²) in [7, 11) is 0. The highest BCUT2D eigenvalue weighted by atomic mass is 15.1. The Morgan fingerprint density at radius 2 is 1.42 bits per heavy atom. The Bertz CT molecular complexity index is 586. The van der Waals surface area contributed by atoms with Gasteiger partial charge in [-0.2, -0.15) is 0 Å². The molecule has 26 heavy (non-hydrogen) atoms. The summed E-state index contributed by atoms with van der Waals surface area (Å²) >= 11 is 0. The van der Waals surface area contributed by atoms with Gasteiger partial charge in [0.25, 0.3) is 5.82 Å². The zero-order valence-electron chi connectivity index (χ0n) is 17.1. The normalized spacial score (nSPS) is 11.2. The Morgan fingerprint density at radius 3 is 2.12 bits per heavy atom. The Hall–Kier alpha value is -1.57. The van der Waals surface area contributed by atoms with E-state index in [4.69, 9.17) is 0 Å². The van der Waals surface area contributed by atoms with Crippen molar-refractivity contribution in [2.24, 2.45) is 0 Å². The first kappa shape index (κ1) is 20.7. The number of nitrogens with zero attached hydrogens (tertiary/aromatic N) is 2. The SMILES string of the molecule is CCCCCCCc1n(CCCCCCC)cc[n+]1Cc1ccccc1. The average molecular weight is 356 g/mol. The van der Waals surface area contributed by atoms with Crippen LogP contribution in [0.3, 0.4) is 0 Å². The van der Waals surface area contributed by atoms with Gasteiger partial charge in [0.15, 0.2) is 0 Å². The van der Waals surface area contributed by atoms with Gasteiger partial charge >= 0.3 is 0 Å². The lowest BCUT2D eigenvalue weighted by atomic mass is 10.1. The molecule has 0 saturated heterocycles. The van der Waals surface area contributed by atoms with Crippen LogP contribution in [-0.4, -0.2) is 4.57 Å². The topological polar surface area (TPSA) is 8.81 Å². The molecule has 0 atom stereocenters. The fourth-order valence-electron chi connectivity index (χ4n) is 3.69.